The zero-order valence-corrected chi connectivity index (χ0v) is 13.7. The minimum absolute atomic E-state index is 0.0691. The molecular formula is C18H22N2O3. The van der Waals surface area contributed by atoms with Crippen LogP contribution in [-0.2, 0) is 11.3 Å². The van der Waals surface area contributed by atoms with Crippen LogP contribution in [0.5, 0.6) is 11.5 Å². The molecule has 0 aromatic heterocycles. The average molecular weight is 314 g/mol. The van der Waals surface area contributed by atoms with Gasteiger partial charge < -0.3 is 20.1 Å². The van der Waals surface area contributed by atoms with Gasteiger partial charge in [0.1, 0.15) is 0 Å². The Balaban J connectivity index is 1.83. The van der Waals surface area contributed by atoms with Gasteiger partial charge >= 0.3 is 0 Å². The summed E-state index contributed by atoms with van der Waals surface area (Å²) in [6.07, 6.45) is 0. The van der Waals surface area contributed by atoms with Crippen molar-refractivity contribution in [2.45, 2.75) is 13.5 Å². The molecule has 2 N–H and O–H groups in total. The summed E-state index contributed by atoms with van der Waals surface area (Å²) in [5.41, 5.74) is 3.08. The lowest BCUT2D eigenvalue weighted by molar-refractivity contribution is -0.119. The zero-order valence-electron chi connectivity index (χ0n) is 13.7. The highest BCUT2D eigenvalue weighted by Gasteiger charge is 2.06. The number of aryl methyl sites for hydroxylation is 1. The third-order valence-corrected chi connectivity index (χ3v) is 3.45. The third kappa shape index (κ3) is 4.92. The largest absolute Gasteiger partial charge is 0.493 e. The van der Waals surface area contributed by atoms with Gasteiger partial charge in [0.15, 0.2) is 11.5 Å². The van der Waals surface area contributed by atoms with E-state index in [0.717, 1.165) is 11.3 Å². The first kappa shape index (κ1) is 16.7. The Labute approximate surface area is 136 Å². The van der Waals surface area contributed by atoms with Gasteiger partial charge in [0, 0.05) is 18.3 Å². The second kappa shape index (κ2) is 8.08. The smallest absolute Gasteiger partial charge is 0.239 e. The molecule has 0 aliphatic heterocycles. The minimum atomic E-state index is -0.0691. The molecule has 0 saturated carbocycles. The Morgan fingerprint density at radius 2 is 1.70 bits per heavy atom. The minimum Gasteiger partial charge on any atom is -0.493 e. The van der Waals surface area contributed by atoms with E-state index in [4.69, 9.17) is 9.47 Å². The molecule has 0 aliphatic carbocycles. The number of methoxy groups -OCH3 is 2. The lowest BCUT2D eigenvalue weighted by Gasteiger charge is -2.11. The van der Waals surface area contributed by atoms with Crippen molar-refractivity contribution in [3.05, 3.63) is 53.6 Å². The molecule has 5 nitrogen and oxygen atoms in total. The van der Waals surface area contributed by atoms with Crippen molar-refractivity contribution in [1.29, 1.82) is 0 Å². The van der Waals surface area contributed by atoms with Crippen molar-refractivity contribution in [1.82, 2.24) is 5.32 Å². The van der Waals surface area contributed by atoms with Gasteiger partial charge in [-0.2, -0.15) is 0 Å². The average Bonchev–Trinajstić information content (AvgIpc) is 2.59. The molecule has 0 fully saturated rings. The Morgan fingerprint density at radius 3 is 2.35 bits per heavy atom. The third-order valence-electron chi connectivity index (χ3n) is 3.45. The highest BCUT2D eigenvalue weighted by molar-refractivity contribution is 5.80. The van der Waals surface area contributed by atoms with Crippen molar-refractivity contribution < 1.29 is 14.3 Å². The Kier molecular flexibility index (Phi) is 5.86. The monoisotopic (exact) mass is 314 g/mol. The van der Waals surface area contributed by atoms with Crippen LogP contribution in [0.3, 0.4) is 0 Å². The summed E-state index contributed by atoms with van der Waals surface area (Å²) in [6.45, 7) is 2.75. The summed E-state index contributed by atoms with van der Waals surface area (Å²) in [5.74, 6) is 1.21. The van der Waals surface area contributed by atoms with Crippen LogP contribution in [0.2, 0.25) is 0 Å². The van der Waals surface area contributed by atoms with Crippen LogP contribution in [-0.4, -0.2) is 26.7 Å². The summed E-state index contributed by atoms with van der Waals surface area (Å²) in [7, 11) is 3.17. The lowest BCUT2D eigenvalue weighted by atomic mass is 10.1. The number of carbonyl (C=O) groups excluding carboxylic acids is 1. The molecule has 0 spiro atoms. The number of carbonyl (C=O) groups is 1. The van der Waals surface area contributed by atoms with E-state index < -0.39 is 0 Å². The topological polar surface area (TPSA) is 59.6 Å². The van der Waals surface area contributed by atoms with Crippen LogP contribution in [0.15, 0.2) is 42.5 Å². The molecule has 23 heavy (non-hydrogen) atoms. The molecule has 5 heteroatoms. The first-order chi connectivity index (χ1) is 11.1. The van der Waals surface area contributed by atoms with E-state index in [0.29, 0.717) is 18.0 Å². The number of amides is 1. The normalized spacial score (nSPS) is 10.0. The first-order valence-corrected chi connectivity index (χ1v) is 7.40. The highest BCUT2D eigenvalue weighted by Crippen LogP contribution is 2.29. The van der Waals surface area contributed by atoms with E-state index >= 15 is 0 Å². The van der Waals surface area contributed by atoms with E-state index in [1.54, 1.807) is 26.4 Å². The molecule has 122 valence electrons. The Morgan fingerprint density at radius 1 is 1.00 bits per heavy atom. The zero-order chi connectivity index (χ0) is 16.7. The van der Waals surface area contributed by atoms with Crippen LogP contribution >= 0.6 is 0 Å². The second-order valence-electron chi connectivity index (χ2n) is 5.19. The van der Waals surface area contributed by atoms with Crippen LogP contribution in [0.25, 0.3) is 0 Å². The highest BCUT2D eigenvalue weighted by atomic mass is 16.5. The van der Waals surface area contributed by atoms with Crippen LogP contribution in [0.4, 0.5) is 5.69 Å². The number of hydrogen-bond donors (Lipinski definition) is 2. The van der Waals surface area contributed by atoms with Crippen molar-refractivity contribution in [2.24, 2.45) is 0 Å². The summed E-state index contributed by atoms with van der Waals surface area (Å²) < 4.78 is 10.4. The lowest BCUT2D eigenvalue weighted by Crippen LogP contribution is -2.29. The maximum Gasteiger partial charge on any atom is 0.239 e. The SMILES string of the molecule is COc1ccc(NCC(=O)NCc2ccc(C)cc2)cc1OC. The number of anilines is 1. The van der Waals surface area contributed by atoms with Gasteiger partial charge in [0.05, 0.1) is 20.8 Å². The molecule has 0 radical (unpaired) electrons. The molecule has 0 aliphatic rings. The molecule has 0 bridgehead atoms. The molecule has 0 heterocycles. The molecule has 2 aromatic rings. The Hall–Kier alpha value is -2.69. The second-order valence-corrected chi connectivity index (χ2v) is 5.19. The first-order valence-electron chi connectivity index (χ1n) is 7.40. The predicted molar refractivity (Wildman–Crippen MR) is 91.1 cm³/mol. The molecule has 2 aromatic carbocycles. The molecule has 0 atom stereocenters. The molecule has 1 amide bonds. The van der Waals surface area contributed by atoms with E-state index in [9.17, 15) is 4.79 Å². The summed E-state index contributed by atoms with van der Waals surface area (Å²) in [4.78, 5) is 11.9. The van der Waals surface area contributed by atoms with Crippen molar-refractivity contribution >= 4 is 11.6 Å². The fourth-order valence-corrected chi connectivity index (χ4v) is 2.10. The van der Waals surface area contributed by atoms with Gasteiger partial charge in [0.2, 0.25) is 5.91 Å². The van der Waals surface area contributed by atoms with Crippen molar-refractivity contribution in [3.8, 4) is 11.5 Å². The van der Waals surface area contributed by atoms with Crippen molar-refractivity contribution in [2.75, 3.05) is 26.1 Å². The van der Waals surface area contributed by atoms with E-state index in [2.05, 4.69) is 10.6 Å². The molecule has 0 saturated heterocycles. The fraction of sp³-hybridized carbons (Fsp3) is 0.278. The number of ether oxygens (including phenoxy) is 2. The van der Waals surface area contributed by atoms with Gasteiger partial charge in [-0.1, -0.05) is 29.8 Å². The van der Waals surface area contributed by atoms with Gasteiger partial charge in [-0.25, -0.2) is 0 Å². The number of nitrogens with one attached hydrogen (secondary N) is 2. The molecule has 0 unspecified atom stereocenters. The standard InChI is InChI=1S/C18H22N2O3/c1-13-4-6-14(7-5-13)11-20-18(21)12-19-15-8-9-16(22-2)17(10-15)23-3/h4-10,19H,11-12H2,1-3H3,(H,20,21). The van der Waals surface area contributed by atoms with Crippen LogP contribution in [0.1, 0.15) is 11.1 Å². The quantitative estimate of drug-likeness (QED) is 0.825. The maximum absolute atomic E-state index is 11.9. The number of rotatable bonds is 7. The predicted octanol–water partition coefficient (Wildman–Crippen LogP) is 2.74. The maximum atomic E-state index is 11.9. The van der Waals surface area contributed by atoms with E-state index in [-0.39, 0.29) is 12.5 Å². The summed E-state index contributed by atoms with van der Waals surface area (Å²) >= 11 is 0. The van der Waals surface area contributed by atoms with Gasteiger partial charge in [-0.15, -0.1) is 0 Å². The molecule has 2 rings (SSSR count). The van der Waals surface area contributed by atoms with E-state index in [1.807, 2.05) is 37.3 Å². The Bertz CT molecular complexity index is 654. The summed E-state index contributed by atoms with van der Waals surface area (Å²) in [6, 6.07) is 13.5. The fourth-order valence-electron chi connectivity index (χ4n) is 2.10. The molecular weight excluding hydrogens is 292 g/mol. The number of benzene rings is 2. The van der Waals surface area contributed by atoms with Gasteiger partial charge in [0.25, 0.3) is 0 Å². The van der Waals surface area contributed by atoms with Crippen LogP contribution < -0.4 is 20.1 Å². The summed E-state index contributed by atoms with van der Waals surface area (Å²) in [5, 5.41) is 5.95. The van der Waals surface area contributed by atoms with Gasteiger partial charge in [-0.05, 0) is 24.6 Å². The van der Waals surface area contributed by atoms with Crippen molar-refractivity contribution in [3.63, 3.8) is 0 Å². The number of hydrogen-bond acceptors (Lipinski definition) is 4. The van der Waals surface area contributed by atoms with Gasteiger partial charge in [-0.3, -0.25) is 4.79 Å². The van der Waals surface area contributed by atoms with Crippen LogP contribution in [0, 0.1) is 6.92 Å². The van der Waals surface area contributed by atoms with E-state index in [1.165, 1.54) is 5.56 Å².